The molecule has 1 aromatic rings. The van der Waals surface area contributed by atoms with E-state index in [-0.39, 0.29) is 17.9 Å². The van der Waals surface area contributed by atoms with Gasteiger partial charge < -0.3 is 20.9 Å². The summed E-state index contributed by atoms with van der Waals surface area (Å²) in [6, 6.07) is 4.94. The molecule has 0 aliphatic carbocycles. The molecule has 1 heterocycles. The SMILES string of the molecule is CCC(=O)N1CCC(NC(=NC)NCCNC(=O)c2ccc(Cl)c(Cl)c2)C1. The normalized spacial score (nSPS) is 17.0. The third-order valence-corrected chi connectivity index (χ3v) is 5.03. The summed E-state index contributed by atoms with van der Waals surface area (Å²) in [7, 11) is 1.69. The molecule has 9 heteroatoms. The van der Waals surface area contributed by atoms with Gasteiger partial charge in [-0.05, 0) is 24.6 Å². The molecule has 0 bridgehead atoms. The topological polar surface area (TPSA) is 85.8 Å². The molecule has 7 nitrogen and oxygen atoms in total. The molecule has 1 aromatic carbocycles. The summed E-state index contributed by atoms with van der Waals surface area (Å²) in [4.78, 5) is 29.9. The Bertz CT molecular complexity index is 711. The van der Waals surface area contributed by atoms with Crippen molar-refractivity contribution in [1.29, 1.82) is 0 Å². The zero-order valence-corrected chi connectivity index (χ0v) is 17.0. The summed E-state index contributed by atoms with van der Waals surface area (Å²) in [5, 5.41) is 10.0. The number of halogens is 2. The van der Waals surface area contributed by atoms with E-state index in [9.17, 15) is 9.59 Å². The van der Waals surface area contributed by atoms with E-state index in [4.69, 9.17) is 23.2 Å². The van der Waals surface area contributed by atoms with Crippen molar-refractivity contribution in [2.45, 2.75) is 25.8 Å². The Kier molecular flexibility index (Phi) is 8.19. The lowest BCUT2D eigenvalue weighted by Gasteiger charge is -2.18. The molecule has 148 valence electrons. The van der Waals surface area contributed by atoms with Crippen molar-refractivity contribution in [2.75, 3.05) is 33.2 Å². The molecule has 27 heavy (non-hydrogen) atoms. The number of guanidine groups is 1. The predicted molar refractivity (Wildman–Crippen MR) is 109 cm³/mol. The molecule has 3 N–H and O–H groups in total. The van der Waals surface area contributed by atoms with E-state index >= 15 is 0 Å². The van der Waals surface area contributed by atoms with Gasteiger partial charge in [0.15, 0.2) is 5.96 Å². The van der Waals surface area contributed by atoms with E-state index in [2.05, 4.69) is 20.9 Å². The van der Waals surface area contributed by atoms with Gasteiger partial charge in [0.25, 0.3) is 5.91 Å². The van der Waals surface area contributed by atoms with Crippen LogP contribution in [0.4, 0.5) is 0 Å². The fourth-order valence-corrected chi connectivity index (χ4v) is 3.11. The maximum Gasteiger partial charge on any atom is 0.251 e. The number of nitrogens with one attached hydrogen (secondary N) is 3. The van der Waals surface area contributed by atoms with Crippen molar-refractivity contribution in [2.24, 2.45) is 4.99 Å². The highest BCUT2D eigenvalue weighted by Crippen LogP contribution is 2.22. The van der Waals surface area contributed by atoms with E-state index in [1.165, 1.54) is 6.07 Å². The summed E-state index contributed by atoms with van der Waals surface area (Å²) in [5.74, 6) is 0.602. The largest absolute Gasteiger partial charge is 0.355 e. The lowest BCUT2D eigenvalue weighted by Crippen LogP contribution is -2.46. The molecule has 1 fully saturated rings. The quantitative estimate of drug-likeness (QED) is 0.377. The van der Waals surface area contributed by atoms with Gasteiger partial charge in [-0.3, -0.25) is 14.6 Å². The van der Waals surface area contributed by atoms with Crippen LogP contribution in [0.3, 0.4) is 0 Å². The Morgan fingerprint density at radius 1 is 1.22 bits per heavy atom. The van der Waals surface area contributed by atoms with E-state index < -0.39 is 0 Å². The van der Waals surface area contributed by atoms with Gasteiger partial charge in [0.05, 0.1) is 10.0 Å². The summed E-state index contributed by atoms with van der Waals surface area (Å²) in [5.41, 5.74) is 0.457. The van der Waals surface area contributed by atoms with Crippen LogP contribution >= 0.6 is 23.2 Å². The average Bonchev–Trinajstić information content (AvgIpc) is 3.14. The number of nitrogens with zero attached hydrogens (tertiary/aromatic N) is 2. The van der Waals surface area contributed by atoms with Gasteiger partial charge in [0.2, 0.25) is 5.91 Å². The van der Waals surface area contributed by atoms with Gasteiger partial charge in [-0.15, -0.1) is 0 Å². The molecule has 0 radical (unpaired) electrons. The standard InChI is InChI=1S/C18H25Cl2N5O2/c1-3-16(26)25-9-6-13(11-25)24-18(21-2)23-8-7-22-17(27)12-4-5-14(19)15(20)10-12/h4-5,10,13H,3,6-9,11H2,1-2H3,(H,22,27)(H2,21,23,24). The van der Waals surface area contributed by atoms with Gasteiger partial charge in [-0.25, -0.2) is 0 Å². The fraction of sp³-hybridized carbons (Fsp3) is 0.500. The van der Waals surface area contributed by atoms with Crippen molar-refractivity contribution in [1.82, 2.24) is 20.9 Å². The van der Waals surface area contributed by atoms with E-state index in [1.807, 2.05) is 11.8 Å². The monoisotopic (exact) mass is 413 g/mol. The summed E-state index contributed by atoms with van der Waals surface area (Å²) in [6.45, 7) is 4.25. The molecule has 1 unspecified atom stereocenters. The van der Waals surface area contributed by atoms with Gasteiger partial charge in [0.1, 0.15) is 0 Å². The van der Waals surface area contributed by atoms with Crippen LogP contribution in [-0.2, 0) is 4.79 Å². The lowest BCUT2D eigenvalue weighted by molar-refractivity contribution is -0.129. The number of hydrogen-bond donors (Lipinski definition) is 3. The predicted octanol–water partition coefficient (Wildman–Crippen LogP) is 1.90. The van der Waals surface area contributed by atoms with Crippen LogP contribution in [-0.4, -0.2) is 61.9 Å². The molecule has 0 saturated carbocycles. The molecular weight excluding hydrogens is 389 g/mol. The van der Waals surface area contributed by atoms with Crippen molar-refractivity contribution < 1.29 is 9.59 Å². The molecule has 1 atom stereocenters. The van der Waals surface area contributed by atoms with Crippen LogP contribution in [0, 0.1) is 0 Å². The maximum atomic E-state index is 12.1. The summed E-state index contributed by atoms with van der Waals surface area (Å²) >= 11 is 11.8. The van der Waals surface area contributed by atoms with Gasteiger partial charge in [-0.2, -0.15) is 0 Å². The second kappa shape index (κ2) is 10.4. The van der Waals surface area contributed by atoms with Crippen molar-refractivity contribution in [3.63, 3.8) is 0 Å². The Balaban J connectivity index is 1.71. The second-order valence-corrected chi connectivity index (χ2v) is 7.02. The van der Waals surface area contributed by atoms with Crippen molar-refractivity contribution >= 4 is 41.0 Å². The third kappa shape index (κ3) is 6.29. The van der Waals surface area contributed by atoms with Gasteiger partial charge in [0, 0.05) is 51.3 Å². The molecule has 2 rings (SSSR count). The fourth-order valence-electron chi connectivity index (χ4n) is 2.81. The van der Waals surface area contributed by atoms with E-state index in [0.29, 0.717) is 47.6 Å². The van der Waals surface area contributed by atoms with Crippen LogP contribution in [0.25, 0.3) is 0 Å². The van der Waals surface area contributed by atoms with Crippen molar-refractivity contribution in [3.05, 3.63) is 33.8 Å². The highest BCUT2D eigenvalue weighted by molar-refractivity contribution is 6.42. The number of benzene rings is 1. The molecule has 0 spiro atoms. The van der Waals surface area contributed by atoms with E-state index in [1.54, 1.807) is 19.2 Å². The molecule has 0 aromatic heterocycles. The van der Waals surface area contributed by atoms with Crippen LogP contribution in [0.2, 0.25) is 10.0 Å². The number of hydrogen-bond acceptors (Lipinski definition) is 3. The maximum absolute atomic E-state index is 12.1. The first-order valence-corrected chi connectivity index (χ1v) is 9.68. The Morgan fingerprint density at radius 2 is 1.96 bits per heavy atom. The van der Waals surface area contributed by atoms with Crippen LogP contribution in [0.1, 0.15) is 30.1 Å². The molecule has 2 amide bonds. The summed E-state index contributed by atoms with van der Waals surface area (Å²) < 4.78 is 0. The lowest BCUT2D eigenvalue weighted by atomic mass is 10.2. The second-order valence-electron chi connectivity index (χ2n) is 6.21. The summed E-state index contributed by atoms with van der Waals surface area (Å²) in [6.07, 6.45) is 1.42. The highest BCUT2D eigenvalue weighted by atomic mass is 35.5. The molecular formula is C18H25Cl2N5O2. The zero-order chi connectivity index (χ0) is 19.8. The molecule has 1 aliphatic rings. The highest BCUT2D eigenvalue weighted by Gasteiger charge is 2.25. The van der Waals surface area contributed by atoms with Gasteiger partial charge in [-0.1, -0.05) is 30.1 Å². The minimum atomic E-state index is -0.220. The number of rotatable bonds is 6. The Labute approximate surface area is 169 Å². The van der Waals surface area contributed by atoms with E-state index in [0.717, 1.165) is 13.0 Å². The first-order chi connectivity index (χ1) is 12.9. The van der Waals surface area contributed by atoms with Crippen LogP contribution < -0.4 is 16.0 Å². The first kappa shape index (κ1) is 21.3. The zero-order valence-electron chi connectivity index (χ0n) is 15.5. The third-order valence-electron chi connectivity index (χ3n) is 4.29. The van der Waals surface area contributed by atoms with Crippen LogP contribution in [0.5, 0.6) is 0 Å². The number of carbonyl (C=O) groups is 2. The molecule has 1 saturated heterocycles. The smallest absolute Gasteiger partial charge is 0.251 e. The Hall–Kier alpha value is -1.99. The number of amides is 2. The number of aliphatic imine (C=N–C) groups is 1. The number of likely N-dealkylation sites (tertiary alicyclic amines) is 1. The minimum absolute atomic E-state index is 0.173. The number of carbonyl (C=O) groups excluding carboxylic acids is 2. The van der Waals surface area contributed by atoms with Crippen molar-refractivity contribution in [3.8, 4) is 0 Å². The van der Waals surface area contributed by atoms with Crippen LogP contribution in [0.15, 0.2) is 23.2 Å². The van der Waals surface area contributed by atoms with Gasteiger partial charge >= 0.3 is 0 Å². The Morgan fingerprint density at radius 3 is 2.63 bits per heavy atom. The molecule has 1 aliphatic heterocycles. The average molecular weight is 414 g/mol. The minimum Gasteiger partial charge on any atom is -0.355 e. The first-order valence-electron chi connectivity index (χ1n) is 8.92.